The van der Waals surface area contributed by atoms with Gasteiger partial charge in [0.25, 0.3) is 0 Å². The first kappa shape index (κ1) is 19.0. The van der Waals surface area contributed by atoms with Crippen LogP contribution < -0.4 is 10.6 Å². The molecule has 3 aliphatic carbocycles. The van der Waals surface area contributed by atoms with Gasteiger partial charge < -0.3 is 15.5 Å². The van der Waals surface area contributed by atoms with Gasteiger partial charge in [0.05, 0.1) is 19.2 Å². The minimum absolute atomic E-state index is 0.0103. The van der Waals surface area contributed by atoms with E-state index in [1.54, 1.807) is 0 Å². The van der Waals surface area contributed by atoms with Crippen molar-refractivity contribution in [3.63, 3.8) is 0 Å². The topological polar surface area (TPSA) is 85.2 Å². The van der Waals surface area contributed by atoms with E-state index in [-0.39, 0.29) is 43.4 Å². The number of rotatable bonds is 6. The van der Waals surface area contributed by atoms with Crippen molar-refractivity contribution in [1.82, 2.24) is 15.5 Å². The van der Waals surface area contributed by atoms with Gasteiger partial charge in [-0.1, -0.05) is 0 Å². The van der Waals surface area contributed by atoms with Crippen molar-refractivity contribution in [1.29, 1.82) is 5.26 Å². The van der Waals surface area contributed by atoms with Crippen LogP contribution >= 0.6 is 0 Å². The van der Waals surface area contributed by atoms with Crippen LogP contribution in [0.15, 0.2) is 0 Å². The Balaban J connectivity index is 1.53. The summed E-state index contributed by atoms with van der Waals surface area (Å²) in [4.78, 5) is 26.1. The Morgan fingerprint density at radius 3 is 2.42 bits per heavy atom. The molecule has 2 unspecified atom stereocenters. The third kappa shape index (κ3) is 3.54. The predicted octanol–water partition coefficient (Wildman–Crippen LogP) is 1.22. The number of carbonyl (C=O) groups is 2. The molecule has 0 aromatic carbocycles. The number of likely N-dealkylation sites (tertiary alicyclic amines) is 1. The van der Waals surface area contributed by atoms with Crippen molar-refractivity contribution >= 4 is 11.8 Å². The van der Waals surface area contributed by atoms with Crippen LogP contribution in [0.1, 0.15) is 44.9 Å². The molecule has 6 nitrogen and oxygen atoms in total. The highest BCUT2D eigenvalue weighted by molar-refractivity contribution is 5.83. The molecule has 2 bridgehead atoms. The van der Waals surface area contributed by atoms with E-state index in [1.165, 1.54) is 4.90 Å². The number of nitrogens with zero attached hydrogens (tertiary/aromatic N) is 2. The molecule has 1 saturated heterocycles. The molecule has 3 saturated carbocycles. The third-order valence-electron chi connectivity index (χ3n) is 6.44. The molecule has 0 aromatic rings. The highest BCUT2D eigenvalue weighted by Crippen LogP contribution is 2.52. The minimum atomic E-state index is -1.13. The largest absolute Gasteiger partial charge is 0.353 e. The Labute approximate surface area is 152 Å². The molecule has 2 amide bonds. The summed E-state index contributed by atoms with van der Waals surface area (Å²) >= 11 is 0. The first-order valence-corrected chi connectivity index (χ1v) is 9.36. The zero-order valence-electron chi connectivity index (χ0n) is 14.9. The maximum absolute atomic E-state index is 13.5. The van der Waals surface area contributed by atoms with Crippen LogP contribution in [-0.2, 0) is 9.59 Å². The van der Waals surface area contributed by atoms with Crippen molar-refractivity contribution in [2.24, 2.45) is 5.41 Å². The van der Waals surface area contributed by atoms with Crippen molar-refractivity contribution in [3.8, 4) is 6.07 Å². The van der Waals surface area contributed by atoms with Crippen LogP contribution in [0.5, 0.6) is 0 Å². The van der Waals surface area contributed by atoms with E-state index < -0.39 is 24.3 Å². The van der Waals surface area contributed by atoms with E-state index in [4.69, 9.17) is 5.26 Å². The Bertz CT molecular complexity index is 582. The van der Waals surface area contributed by atoms with E-state index >= 15 is 0 Å². The van der Waals surface area contributed by atoms with E-state index in [9.17, 15) is 18.4 Å². The van der Waals surface area contributed by atoms with Crippen molar-refractivity contribution in [3.05, 3.63) is 0 Å². The van der Waals surface area contributed by atoms with Gasteiger partial charge in [-0.05, 0) is 38.5 Å². The molecule has 8 heteroatoms. The summed E-state index contributed by atoms with van der Waals surface area (Å²) < 4.78 is 25.8. The zero-order chi connectivity index (χ0) is 18.8. The number of halogens is 2. The van der Waals surface area contributed by atoms with Gasteiger partial charge in [0, 0.05) is 23.9 Å². The van der Waals surface area contributed by atoms with E-state index in [2.05, 4.69) is 10.6 Å². The minimum Gasteiger partial charge on any atom is -0.353 e. The number of fused-ring (bicyclic) bond motifs is 3. The number of hydrogen-bond donors (Lipinski definition) is 2. The fraction of sp³-hybridized carbons (Fsp3) is 0.833. The predicted molar refractivity (Wildman–Crippen MR) is 90.5 cm³/mol. The highest BCUT2D eigenvalue weighted by Gasteiger charge is 2.52. The lowest BCUT2D eigenvalue weighted by atomic mass is 9.57. The molecule has 1 aliphatic heterocycles. The van der Waals surface area contributed by atoms with Crippen molar-refractivity contribution < 1.29 is 18.4 Å². The second kappa shape index (κ2) is 7.47. The molecular weight excluding hydrogens is 342 g/mol. The molecule has 0 aromatic heterocycles. The van der Waals surface area contributed by atoms with Gasteiger partial charge in [0.2, 0.25) is 11.8 Å². The van der Waals surface area contributed by atoms with Gasteiger partial charge in [-0.25, -0.2) is 8.78 Å². The molecule has 4 fully saturated rings. The summed E-state index contributed by atoms with van der Waals surface area (Å²) in [6.45, 7) is -0.422. The smallest absolute Gasteiger partial charge is 0.237 e. The fourth-order valence-electron chi connectivity index (χ4n) is 4.69. The van der Waals surface area contributed by atoms with Gasteiger partial charge in [-0.3, -0.25) is 9.59 Å². The average Bonchev–Trinajstić information content (AvgIpc) is 3.06. The normalized spacial score (nSPS) is 36.0. The molecule has 26 heavy (non-hydrogen) atoms. The summed E-state index contributed by atoms with van der Waals surface area (Å²) in [6, 6.07) is 1.32. The molecule has 0 radical (unpaired) electrons. The van der Waals surface area contributed by atoms with E-state index in [0.29, 0.717) is 0 Å². The van der Waals surface area contributed by atoms with Crippen LogP contribution in [0, 0.1) is 16.7 Å². The van der Waals surface area contributed by atoms with E-state index in [1.807, 2.05) is 6.07 Å². The third-order valence-corrected chi connectivity index (χ3v) is 6.44. The lowest BCUT2D eigenvalue weighted by Crippen LogP contribution is -2.60. The first-order chi connectivity index (χ1) is 12.4. The Morgan fingerprint density at radius 2 is 1.85 bits per heavy atom. The van der Waals surface area contributed by atoms with Crippen LogP contribution in [0.2, 0.25) is 0 Å². The molecule has 0 spiro atoms. The number of carbonyl (C=O) groups excluding carboxylic acids is 2. The van der Waals surface area contributed by atoms with E-state index in [0.717, 1.165) is 38.5 Å². The molecule has 1 heterocycles. The molecular formula is C18H26F2N4O2. The number of hydrogen-bond acceptors (Lipinski definition) is 4. The Kier molecular flexibility index (Phi) is 5.47. The second-order valence-electron chi connectivity index (χ2n) is 7.88. The maximum Gasteiger partial charge on any atom is 0.237 e. The summed E-state index contributed by atoms with van der Waals surface area (Å²) in [7, 11) is 0. The average molecular weight is 368 g/mol. The van der Waals surface area contributed by atoms with Gasteiger partial charge >= 0.3 is 0 Å². The number of nitriles is 1. The van der Waals surface area contributed by atoms with Crippen molar-refractivity contribution in [2.75, 3.05) is 26.3 Å². The summed E-state index contributed by atoms with van der Waals surface area (Å²) in [5, 5.41) is 15.1. The fourth-order valence-corrected chi connectivity index (χ4v) is 4.69. The molecule has 4 rings (SSSR count). The maximum atomic E-state index is 13.5. The Morgan fingerprint density at radius 1 is 1.19 bits per heavy atom. The van der Waals surface area contributed by atoms with Crippen LogP contribution in [0.25, 0.3) is 0 Å². The lowest BCUT2D eigenvalue weighted by Gasteiger charge is -2.52. The summed E-state index contributed by atoms with van der Waals surface area (Å²) in [5.74, 6) is -0.295. The van der Waals surface area contributed by atoms with Gasteiger partial charge in [-0.2, -0.15) is 5.26 Å². The number of alkyl halides is 2. The molecule has 2 atom stereocenters. The monoisotopic (exact) mass is 368 g/mol. The van der Waals surface area contributed by atoms with Crippen molar-refractivity contribution in [2.45, 2.75) is 62.7 Å². The second-order valence-corrected chi connectivity index (χ2v) is 7.88. The van der Waals surface area contributed by atoms with Gasteiger partial charge in [-0.15, -0.1) is 0 Å². The Hall–Kier alpha value is -1.75. The highest BCUT2D eigenvalue weighted by atomic mass is 19.1. The van der Waals surface area contributed by atoms with Gasteiger partial charge in [0.15, 0.2) is 0 Å². The summed E-state index contributed by atoms with van der Waals surface area (Å²) in [6.07, 6.45) is 3.50. The first-order valence-electron chi connectivity index (χ1n) is 9.36. The quantitative estimate of drug-likeness (QED) is 0.738. The molecule has 2 N–H and O–H groups in total. The summed E-state index contributed by atoms with van der Waals surface area (Å²) in [5.41, 5.74) is -0.570. The number of amides is 2. The van der Waals surface area contributed by atoms with Crippen LogP contribution in [0.3, 0.4) is 0 Å². The SMILES string of the molecule is N#CC1CC(F)CN1C(=O)CNC12CCC(C(=O)NCCF)(CC1)CC2. The van der Waals surface area contributed by atoms with Crippen LogP contribution in [-0.4, -0.2) is 60.8 Å². The van der Waals surface area contributed by atoms with Gasteiger partial charge in [0.1, 0.15) is 18.9 Å². The molecule has 4 aliphatic rings. The lowest BCUT2D eigenvalue weighted by molar-refractivity contribution is -0.139. The zero-order valence-corrected chi connectivity index (χ0v) is 14.9. The van der Waals surface area contributed by atoms with Crippen LogP contribution in [0.4, 0.5) is 8.78 Å². The molecule has 144 valence electrons. The standard InChI is InChI=1S/C18H26F2N4O2/c19-7-8-22-16(26)17-1-4-18(5-2-17,6-3-17)23-11-15(25)24-12-13(20)9-14(24)10-21/h13-14,23H,1-9,11-12H2,(H,22,26). The number of nitrogens with one attached hydrogen (secondary N) is 2.